The highest BCUT2D eigenvalue weighted by Crippen LogP contribution is 2.18. The van der Waals surface area contributed by atoms with Gasteiger partial charge in [0.15, 0.2) is 0 Å². The molecule has 0 radical (unpaired) electrons. The molecule has 18 heavy (non-hydrogen) atoms. The van der Waals surface area contributed by atoms with E-state index in [0.29, 0.717) is 5.69 Å². The summed E-state index contributed by atoms with van der Waals surface area (Å²) in [5, 5.41) is 13.7. The molecule has 0 spiro atoms. The van der Waals surface area contributed by atoms with Gasteiger partial charge in [-0.25, -0.2) is 4.68 Å². The maximum absolute atomic E-state index is 11.6. The molecule has 0 unspecified atom stereocenters. The lowest BCUT2D eigenvalue weighted by atomic mass is 10.1. The molecule has 0 saturated heterocycles. The summed E-state index contributed by atoms with van der Waals surface area (Å²) in [5.41, 5.74) is 7.93. The minimum atomic E-state index is -0.555. The Bertz CT molecular complexity index is 549. The van der Waals surface area contributed by atoms with Crippen molar-refractivity contribution in [2.75, 3.05) is 5.32 Å². The molecule has 0 aliphatic heterocycles. The Kier molecular flexibility index (Phi) is 3.33. The Hall–Kier alpha value is -2.28. The minimum Gasteiger partial charge on any atom is -0.324 e. The number of benzene rings is 1. The van der Waals surface area contributed by atoms with Crippen LogP contribution in [0, 0.1) is 6.92 Å². The molecular weight excluding hydrogens is 232 g/mol. The number of carbonyl (C=O) groups excluding carboxylic acids is 1. The van der Waals surface area contributed by atoms with E-state index in [1.54, 1.807) is 13.0 Å². The van der Waals surface area contributed by atoms with Gasteiger partial charge in [0.2, 0.25) is 5.91 Å². The summed E-state index contributed by atoms with van der Waals surface area (Å²) in [6.45, 7) is 3.54. The third-order valence-corrected chi connectivity index (χ3v) is 2.51. The summed E-state index contributed by atoms with van der Waals surface area (Å²) in [6, 6.07) is 4.99. The predicted octanol–water partition coefficient (Wildman–Crippen LogP) is 0.256. The molecule has 7 nitrogen and oxygen atoms in total. The Morgan fingerprint density at radius 2 is 2.28 bits per heavy atom. The van der Waals surface area contributed by atoms with Crippen LogP contribution in [0.15, 0.2) is 24.5 Å². The number of nitrogens with two attached hydrogens (primary N) is 1. The molecule has 3 N–H and O–H groups in total. The summed E-state index contributed by atoms with van der Waals surface area (Å²) in [7, 11) is 0. The van der Waals surface area contributed by atoms with Crippen molar-refractivity contribution >= 4 is 11.6 Å². The SMILES string of the molecule is Cc1ccc(-n2cnnn2)cc1NC(=O)[C@@H](C)N. The lowest BCUT2D eigenvalue weighted by molar-refractivity contribution is -0.117. The molecule has 1 amide bonds. The number of nitrogens with one attached hydrogen (secondary N) is 1. The lowest BCUT2D eigenvalue weighted by Gasteiger charge is -2.11. The first-order valence-electron chi connectivity index (χ1n) is 5.48. The Morgan fingerprint density at radius 1 is 1.50 bits per heavy atom. The second kappa shape index (κ2) is 4.92. The number of carbonyl (C=O) groups is 1. The van der Waals surface area contributed by atoms with Gasteiger partial charge in [-0.3, -0.25) is 4.79 Å². The van der Waals surface area contributed by atoms with E-state index in [2.05, 4.69) is 20.8 Å². The zero-order valence-electron chi connectivity index (χ0n) is 10.2. The van der Waals surface area contributed by atoms with Gasteiger partial charge in [-0.1, -0.05) is 6.07 Å². The average Bonchev–Trinajstić information content (AvgIpc) is 2.85. The summed E-state index contributed by atoms with van der Waals surface area (Å²) < 4.78 is 1.51. The Morgan fingerprint density at radius 3 is 2.89 bits per heavy atom. The van der Waals surface area contributed by atoms with Gasteiger partial charge in [0.1, 0.15) is 6.33 Å². The zero-order valence-corrected chi connectivity index (χ0v) is 10.2. The summed E-state index contributed by atoms with van der Waals surface area (Å²) >= 11 is 0. The third kappa shape index (κ3) is 2.51. The van der Waals surface area contributed by atoms with Gasteiger partial charge in [-0.05, 0) is 42.0 Å². The van der Waals surface area contributed by atoms with E-state index in [1.165, 1.54) is 11.0 Å². The largest absolute Gasteiger partial charge is 0.324 e. The van der Waals surface area contributed by atoms with Crippen molar-refractivity contribution in [1.82, 2.24) is 20.2 Å². The molecule has 0 saturated carbocycles. The van der Waals surface area contributed by atoms with E-state index in [0.717, 1.165) is 11.3 Å². The average molecular weight is 246 g/mol. The second-order valence-corrected chi connectivity index (χ2v) is 4.03. The van der Waals surface area contributed by atoms with Crippen molar-refractivity contribution in [3.63, 3.8) is 0 Å². The van der Waals surface area contributed by atoms with Crippen molar-refractivity contribution in [2.45, 2.75) is 19.9 Å². The van der Waals surface area contributed by atoms with Crippen LogP contribution in [-0.2, 0) is 4.79 Å². The highest BCUT2D eigenvalue weighted by molar-refractivity contribution is 5.95. The van der Waals surface area contributed by atoms with Crippen molar-refractivity contribution in [3.8, 4) is 5.69 Å². The number of tetrazole rings is 1. The fraction of sp³-hybridized carbons (Fsp3) is 0.273. The first-order valence-corrected chi connectivity index (χ1v) is 5.48. The smallest absolute Gasteiger partial charge is 0.241 e. The van der Waals surface area contributed by atoms with Crippen molar-refractivity contribution in [1.29, 1.82) is 0 Å². The molecular formula is C11H14N6O. The number of hydrogen-bond donors (Lipinski definition) is 2. The first-order chi connectivity index (χ1) is 8.58. The normalized spacial score (nSPS) is 12.2. The summed E-state index contributed by atoms with van der Waals surface area (Å²) in [5.74, 6) is -0.230. The summed E-state index contributed by atoms with van der Waals surface area (Å²) in [4.78, 5) is 11.6. The molecule has 2 aromatic rings. The molecule has 0 aliphatic rings. The van der Waals surface area contributed by atoms with Crippen LogP contribution in [0.5, 0.6) is 0 Å². The molecule has 1 atom stereocenters. The topological polar surface area (TPSA) is 98.7 Å². The molecule has 1 heterocycles. The van der Waals surface area contributed by atoms with Crippen LogP contribution in [0.3, 0.4) is 0 Å². The van der Waals surface area contributed by atoms with Crippen LogP contribution in [0.2, 0.25) is 0 Å². The molecule has 0 aliphatic carbocycles. The molecule has 0 bridgehead atoms. The molecule has 94 valence electrons. The number of aryl methyl sites for hydroxylation is 1. The van der Waals surface area contributed by atoms with Gasteiger partial charge in [-0.15, -0.1) is 5.10 Å². The maximum Gasteiger partial charge on any atom is 0.241 e. The van der Waals surface area contributed by atoms with Gasteiger partial charge < -0.3 is 11.1 Å². The number of rotatable bonds is 3. The molecule has 0 fully saturated rings. The van der Waals surface area contributed by atoms with Crippen molar-refractivity contribution in [2.24, 2.45) is 5.73 Å². The van der Waals surface area contributed by atoms with E-state index >= 15 is 0 Å². The van der Waals surface area contributed by atoms with Crippen molar-refractivity contribution < 1.29 is 4.79 Å². The van der Waals surface area contributed by atoms with Gasteiger partial charge in [0.05, 0.1) is 11.7 Å². The zero-order chi connectivity index (χ0) is 13.1. The lowest BCUT2D eigenvalue weighted by Crippen LogP contribution is -2.32. The second-order valence-electron chi connectivity index (χ2n) is 4.03. The number of hydrogen-bond acceptors (Lipinski definition) is 5. The molecule has 1 aromatic heterocycles. The van der Waals surface area contributed by atoms with Crippen molar-refractivity contribution in [3.05, 3.63) is 30.1 Å². The fourth-order valence-corrected chi connectivity index (χ4v) is 1.41. The van der Waals surface area contributed by atoms with Gasteiger partial charge in [-0.2, -0.15) is 0 Å². The van der Waals surface area contributed by atoms with Gasteiger partial charge >= 0.3 is 0 Å². The third-order valence-electron chi connectivity index (χ3n) is 2.51. The van der Waals surface area contributed by atoms with Crippen LogP contribution >= 0.6 is 0 Å². The van der Waals surface area contributed by atoms with Crippen LogP contribution < -0.4 is 11.1 Å². The van der Waals surface area contributed by atoms with E-state index < -0.39 is 6.04 Å². The van der Waals surface area contributed by atoms with E-state index in [9.17, 15) is 4.79 Å². The highest BCUT2D eigenvalue weighted by atomic mass is 16.2. The number of aromatic nitrogens is 4. The van der Waals surface area contributed by atoms with E-state index in [4.69, 9.17) is 5.73 Å². The van der Waals surface area contributed by atoms with Crippen LogP contribution in [-0.4, -0.2) is 32.2 Å². The summed E-state index contributed by atoms with van der Waals surface area (Å²) in [6.07, 6.45) is 1.49. The highest BCUT2D eigenvalue weighted by Gasteiger charge is 2.10. The van der Waals surface area contributed by atoms with Crippen LogP contribution in [0.25, 0.3) is 5.69 Å². The van der Waals surface area contributed by atoms with E-state index in [1.807, 2.05) is 19.1 Å². The molecule has 1 aromatic carbocycles. The number of amides is 1. The van der Waals surface area contributed by atoms with Gasteiger partial charge in [0, 0.05) is 5.69 Å². The fourth-order valence-electron chi connectivity index (χ4n) is 1.41. The standard InChI is InChI=1S/C11H14N6O/c1-7-3-4-9(17-6-13-15-16-17)5-10(7)14-11(18)8(2)12/h3-6,8H,12H2,1-2H3,(H,14,18)/t8-/m1/s1. The van der Waals surface area contributed by atoms with Crippen LogP contribution in [0.4, 0.5) is 5.69 Å². The van der Waals surface area contributed by atoms with Crippen LogP contribution in [0.1, 0.15) is 12.5 Å². The van der Waals surface area contributed by atoms with E-state index in [-0.39, 0.29) is 5.91 Å². The monoisotopic (exact) mass is 246 g/mol. The number of nitrogens with zero attached hydrogens (tertiary/aromatic N) is 4. The molecule has 2 rings (SSSR count). The molecule has 7 heteroatoms. The maximum atomic E-state index is 11.6. The number of anilines is 1. The quantitative estimate of drug-likeness (QED) is 0.809. The predicted molar refractivity (Wildman–Crippen MR) is 66.2 cm³/mol. The Labute approximate surface area is 104 Å². The van der Waals surface area contributed by atoms with Gasteiger partial charge in [0.25, 0.3) is 0 Å². The minimum absolute atomic E-state index is 0.230. The first kappa shape index (κ1) is 12.2. The Balaban J connectivity index is 2.30.